The molecule has 90 valence electrons. The van der Waals surface area contributed by atoms with Crippen LogP contribution in [0.15, 0.2) is 35.1 Å². The molecule has 0 unspecified atom stereocenters. The second-order valence-corrected chi connectivity index (χ2v) is 4.18. The number of alkyl halides is 3. The molecule has 0 bridgehead atoms. The standard InChI is InChI=1S/C10H5BrF4N2/c11-6-4-16-17(5-6)9-2-1-7(12)3-8(9)10(13,14)15/h1-5H. The van der Waals surface area contributed by atoms with Gasteiger partial charge in [0.05, 0.1) is 21.9 Å². The Kier molecular flexibility index (Phi) is 2.94. The molecule has 1 aromatic heterocycles. The Morgan fingerprint density at radius 1 is 1.24 bits per heavy atom. The van der Waals surface area contributed by atoms with Crippen molar-refractivity contribution in [2.75, 3.05) is 0 Å². The van der Waals surface area contributed by atoms with E-state index in [4.69, 9.17) is 0 Å². The molecule has 0 N–H and O–H groups in total. The summed E-state index contributed by atoms with van der Waals surface area (Å²) in [6.07, 6.45) is -1.91. The summed E-state index contributed by atoms with van der Waals surface area (Å²) in [5, 5.41) is 3.74. The first-order valence-electron chi connectivity index (χ1n) is 4.45. The molecule has 0 fully saturated rings. The van der Waals surface area contributed by atoms with Crippen LogP contribution >= 0.6 is 15.9 Å². The highest BCUT2D eigenvalue weighted by atomic mass is 79.9. The van der Waals surface area contributed by atoms with Gasteiger partial charge in [0.2, 0.25) is 0 Å². The van der Waals surface area contributed by atoms with Crippen molar-refractivity contribution in [1.29, 1.82) is 0 Å². The van der Waals surface area contributed by atoms with Gasteiger partial charge in [-0.2, -0.15) is 18.3 Å². The minimum atomic E-state index is -4.63. The molecule has 0 spiro atoms. The quantitative estimate of drug-likeness (QED) is 0.733. The molecule has 1 aromatic carbocycles. The Balaban J connectivity index is 2.61. The van der Waals surface area contributed by atoms with Crippen LogP contribution in [0, 0.1) is 5.82 Å². The van der Waals surface area contributed by atoms with Crippen molar-refractivity contribution < 1.29 is 17.6 Å². The number of benzene rings is 1. The van der Waals surface area contributed by atoms with E-state index in [9.17, 15) is 17.6 Å². The Morgan fingerprint density at radius 3 is 2.47 bits per heavy atom. The fourth-order valence-corrected chi connectivity index (χ4v) is 1.65. The van der Waals surface area contributed by atoms with E-state index in [-0.39, 0.29) is 5.69 Å². The monoisotopic (exact) mass is 308 g/mol. The first-order valence-corrected chi connectivity index (χ1v) is 5.24. The zero-order valence-electron chi connectivity index (χ0n) is 8.17. The summed E-state index contributed by atoms with van der Waals surface area (Å²) >= 11 is 3.08. The molecule has 0 saturated heterocycles. The van der Waals surface area contributed by atoms with Crippen molar-refractivity contribution in [2.45, 2.75) is 6.18 Å². The molecule has 0 aliphatic rings. The van der Waals surface area contributed by atoms with E-state index in [0.29, 0.717) is 10.5 Å². The first kappa shape index (κ1) is 12.1. The van der Waals surface area contributed by atoms with Gasteiger partial charge >= 0.3 is 6.18 Å². The molecule has 2 rings (SSSR count). The average Bonchev–Trinajstić information content (AvgIpc) is 2.63. The van der Waals surface area contributed by atoms with Gasteiger partial charge in [0.1, 0.15) is 5.82 Å². The summed E-state index contributed by atoms with van der Waals surface area (Å²) in [6, 6.07) is 2.45. The van der Waals surface area contributed by atoms with E-state index in [1.54, 1.807) is 0 Å². The maximum Gasteiger partial charge on any atom is 0.418 e. The van der Waals surface area contributed by atoms with E-state index in [1.165, 1.54) is 12.4 Å². The maximum atomic E-state index is 12.9. The third-order valence-electron chi connectivity index (χ3n) is 2.06. The van der Waals surface area contributed by atoms with Gasteiger partial charge in [0, 0.05) is 6.20 Å². The van der Waals surface area contributed by atoms with Crippen molar-refractivity contribution in [3.63, 3.8) is 0 Å². The largest absolute Gasteiger partial charge is 0.418 e. The zero-order chi connectivity index (χ0) is 12.6. The van der Waals surface area contributed by atoms with Crippen LogP contribution in [0.3, 0.4) is 0 Å². The van der Waals surface area contributed by atoms with Crippen molar-refractivity contribution in [3.05, 3.63) is 46.4 Å². The Morgan fingerprint density at radius 2 is 1.94 bits per heavy atom. The molecular weight excluding hydrogens is 304 g/mol. The van der Waals surface area contributed by atoms with Crippen LogP contribution in [-0.2, 0) is 6.18 Å². The predicted molar refractivity (Wildman–Crippen MR) is 56.2 cm³/mol. The molecule has 7 heteroatoms. The predicted octanol–water partition coefficient (Wildman–Crippen LogP) is 3.79. The highest BCUT2D eigenvalue weighted by molar-refractivity contribution is 9.10. The Bertz CT molecular complexity index is 547. The number of aromatic nitrogens is 2. The van der Waals surface area contributed by atoms with Gasteiger partial charge in [0.25, 0.3) is 0 Å². The number of nitrogens with zero attached hydrogens (tertiary/aromatic N) is 2. The third kappa shape index (κ3) is 2.49. The van der Waals surface area contributed by atoms with Gasteiger partial charge in [-0.25, -0.2) is 9.07 Å². The van der Waals surface area contributed by atoms with E-state index < -0.39 is 17.6 Å². The summed E-state index contributed by atoms with van der Waals surface area (Å²) in [5.41, 5.74) is -1.28. The molecule has 0 atom stereocenters. The van der Waals surface area contributed by atoms with Crippen molar-refractivity contribution >= 4 is 15.9 Å². The first-order chi connectivity index (χ1) is 7.88. The second kappa shape index (κ2) is 4.14. The molecule has 0 saturated carbocycles. The number of halogens is 5. The molecule has 0 aliphatic carbocycles. The van der Waals surface area contributed by atoms with Crippen LogP contribution in [0.1, 0.15) is 5.56 Å². The summed E-state index contributed by atoms with van der Waals surface area (Å²) in [7, 11) is 0. The number of hydrogen-bond acceptors (Lipinski definition) is 1. The van der Waals surface area contributed by atoms with Crippen molar-refractivity contribution in [2.24, 2.45) is 0 Å². The van der Waals surface area contributed by atoms with Crippen LogP contribution in [-0.4, -0.2) is 9.78 Å². The molecule has 0 amide bonds. The molecule has 2 aromatic rings. The average molecular weight is 309 g/mol. The summed E-state index contributed by atoms with van der Waals surface area (Å²) < 4.78 is 52.5. The lowest BCUT2D eigenvalue weighted by Gasteiger charge is -2.12. The van der Waals surface area contributed by atoms with E-state index >= 15 is 0 Å². The fraction of sp³-hybridized carbons (Fsp3) is 0.100. The number of hydrogen-bond donors (Lipinski definition) is 0. The van der Waals surface area contributed by atoms with E-state index in [2.05, 4.69) is 21.0 Å². The SMILES string of the molecule is Fc1ccc(-n2cc(Br)cn2)c(C(F)(F)F)c1. The molecule has 1 heterocycles. The lowest BCUT2D eigenvalue weighted by atomic mass is 10.1. The van der Waals surface area contributed by atoms with Gasteiger partial charge in [0.15, 0.2) is 0 Å². The summed E-state index contributed by atoms with van der Waals surface area (Å²) in [6.45, 7) is 0. The Hall–Kier alpha value is -1.37. The summed E-state index contributed by atoms with van der Waals surface area (Å²) in [5.74, 6) is -0.938. The van der Waals surface area contributed by atoms with Crippen LogP contribution in [0.5, 0.6) is 0 Å². The minimum Gasteiger partial charge on any atom is -0.239 e. The van der Waals surface area contributed by atoms with Crippen LogP contribution < -0.4 is 0 Å². The minimum absolute atomic E-state index is 0.218. The summed E-state index contributed by atoms with van der Waals surface area (Å²) in [4.78, 5) is 0. The van der Waals surface area contributed by atoms with Crippen LogP contribution in [0.2, 0.25) is 0 Å². The molecule has 17 heavy (non-hydrogen) atoms. The fourth-order valence-electron chi connectivity index (χ4n) is 1.37. The normalized spacial score (nSPS) is 11.8. The topological polar surface area (TPSA) is 17.8 Å². The molecule has 0 aliphatic heterocycles. The number of rotatable bonds is 1. The highest BCUT2D eigenvalue weighted by Gasteiger charge is 2.34. The van der Waals surface area contributed by atoms with E-state index in [1.807, 2.05) is 0 Å². The van der Waals surface area contributed by atoms with Crippen molar-refractivity contribution in [1.82, 2.24) is 9.78 Å². The molecule has 0 radical (unpaired) electrons. The Labute approximate surface area is 102 Å². The third-order valence-corrected chi connectivity index (χ3v) is 2.47. The van der Waals surface area contributed by atoms with Gasteiger partial charge in [-0.3, -0.25) is 0 Å². The highest BCUT2D eigenvalue weighted by Crippen LogP contribution is 2.34. The lowest BCUT2D eigenvalue weighted by molar-refractivity contribution is -0.137. The van der Waals surface area contributed by atoms with Crippen LogP contribution in [0.25, 0.3) is 5.69 Å². The van der Waals surface area contributed by atoms with Gasteiger partial charge in [-0.15, -0.1) is 0 Å². The van der Waals surface area contributed by atoms with Gasteiger partial charge < -0.3 is 0 Å². The second-order valence-electron chi connectivity index (χ2n) is 3.26. The maximum absolute atomic E-state index is 12.9. The van der Waals surface area contributed by atoms with Crippen molar-refractivity contribution in [3.8, 4) is 5.69 Å². The van der Waals surface area contributed by atoms with E-state index in [0.717, 1.165) is 16.8 Å². The van der Waals surface area contributed by atoms with Gasteiger partial charge in [-0.1, -0.05) is 0 Å². The van der Waals surface area contributed by atoms with Gasteiger partial charge in [-0.05, 0) is 34.1 Å². The zero-order valence-corrected chi connectivity index (χ0v) is 9.76. The lowest BCUT2D eigenvalue weighted by Crippen LogP contribution is -2.11. The van der Waals surface area contributed by atoms with Crippen LogP contribution in [0.4, 0.5) is 17.6 Å². The smallest absolute Gasteiger partial charge is 0.239 e. The molecular formula is C10H5BrF4N2. The molecule has 2 nitrogen and oxygen atoms in total.